The number of hydrogen-bond donors (Lipinski definition) is 0. The smallest absolute Gasteiger partial charge is 0.226 e. The lowest BCUT2D eigenvalue weighted by atomic mass is 9.75. The highest BCUT2D eigenvalue weighted by Gasteiger charge is 2.30. The summed E-state index contributed by atoms with van der Waals surface area (Å²) in [4.78, 5) is 6.87. The Kier molecular flexibility index (Phi) is 7.83. The third-order valence-electron chi connectivity index (χ3n) is 6.98. The Bertz CT molecular complexity index is 1060. The molecule has 4 rings (SSSR count). The predicted octanol–water partition coefficient (Wildman–Crippen LogP) is 5.93. The minimum atomic E-state index is -0.180. The van der Waals surface area contributed by atoms with Gasteiger partial charge in [0.1, 0.15) is 5.82 Å². The molecule has 0 spiro atoms. The van der Waals surface area contributed by atoms with Crippen molar-refractivity contribution in [3.05, 3.63) is 59.7 Å². The SMILES string of the molecule is COc1ccc(-c2noc(CCC3CCC(C(c4ccc(F)cc4)N(C)C)CC3)n2)cc1OC. The van der Waals surface area contributed by atoms with Crippen molar-refractivity contribution >= 4 is 0 Å². The fourth-order valence-electron chi connectivity index (χ4n) is 5.22. The van der Waals surface area contributed by atoms with E-state index in [2.05, 4.69) is 29.1 Å². The van der Waals surface area contributed by atoms with Crippen LogP contribution in [0.2, 0.25) is 0 Å². The topological polar surface area (TPSA) is 60.6 Å². The van der Waals surface area contributed by atoms with Gasteiger partial charge in [0.25, 0.3) is 0 Å². The van der Waals surface area contributed by atoms with E-state index < -0.39 is 0 Å². The Morgan fingerprint density at radius 1 is 1.00 bits per heavy atom. The summed E-state index contributed by atoms with van der Waals surface area (Å²) in [5, 5.41) is 4.16. The van der Waals surface area contributed by atoms with Crippen LogP contribution in [-0.2, 0) is 6.42 Å². The van der Waals surface area contributed by atoms with Crippen LogP contribution in [0.5, 0.6) is 11.5 Å². The lowest BCUT2D eigenvalue weighted by Crippen LogP contribution is -2.30. The van der Waals surface area contributed by atoms with Crippen LogP contribution < -0.4 is 9.47 Å². The third kappa shape index (κ3) is 5.58. The van der Waals surface area contributed by atoms with Crippen molar-refractivity contribution in [3.63, 3.8) is 0 Å². The zero-order valence-electron chi connectivity index (χ0n) is 20.5. The first-order chi connectivity index (χ1) is 16.5. The summed E-state index contributed by atoms with van der Waals surface area (Å²) in [7, 11) is 7.46. The van der Waals surface area contributed by atoms with Crippen molar-refractivity contribution in [2.75, 3.05) is 28.3 Å². The van der Waals surface area contributed by atoms with Gasteiger partial charge in [-0.15, -0.1) is 0 Å². The number of nitrogens with zero attached hydrogens (tertiary/aromatic N) is 3. The van der Waals surface area contributed by atoms with Gasteiger partial charge in [-0.05, 0) is 81.1 Å². The molecule has 34 heavy (non-hydrogen) atoms. The van der Waals surface area contributed by atoms with Crippen LogP contribution in [0, 0.1) is 17.7 Å². The molecule has 1 aliphatic carbocycles. The Balaban J connectivity index is 1.31. The van der Waals surface area contributed by atoms with Crippen LogP contribution >= 0.6 is 0 Å². The molecule has 0 saturated heterocycles. The molecule has 0 bridgehead atoms. The average Bonchev–Trinajstić information content (AvgIpc) is 3.33. The highest BCUT2D eigenvalue weighted by molar-refractivity contribution is 5.60. The molecule has 0 radical (unpaired) electrons. The van der Waals surface area contributed by atoms with Crippen LogP contribution in [0.1, 0.15) is 49.6 Å². The summed E-state index contributed by atoms with van der Waals surface area (Å²) in [6.07, 6.45) is 6.55. The highest BCUT2D eigenvalue weighted by Crippen LogP contribution is 2.40. The largest absolute Gasteiger partial charge is 0.493 e. The van der Waals surface area contributed by atoms with Crippen LogP contribution in [0.4, 0.5) is 4.39 Å². The number of aromatic nitrogens is 2. The molecule has 1 aliphatic rings. The first-order valence-electron chi connectivity index (χ1n) is 12.0. The maximum atomic E-state index is 13.4. The lowest BCUT2D eigenvalue weighted by molar-refractivity contribution is 0.145. The van der Waals surface area contributed by atoms with Gasteiger partial charge in [0.15, 0.2) is 11.5 Å². The van der Waals surface area contributed by atoms with E-state index in [1.54, 1.807) is 26.4 Å². The molecular weight excluding hydrogens is 433 g/mol. The van der Waals surface area contributed by atoms with Gasteiger partial charge in [-0.3, -0.25) is 0 Å². The van der Waals surface area contributed by atoms with Crippen molar-refractivity contribution < 1.29 is 18.4 Å². The number of methoxy groups -OCH3 is 2. The van der Waals surface area contributed by atoms with E-state index in [1.807, 2.05) is 30.3 Å². The molecule has 182 valence electrons. The molecule has 0 amide bonds. The van der Waals surface area contributed by atoms with Crippen LogP contribution in [0.3, 0.4) is 0 Å². The third-order valence-corrected chi connectivity index (χ3v) is 6.98. The lowest BCUT2D eigenvalue weighted by Gasteiger charge is -2.37. The Labute approximate surface area is 201 Å². The van der Waals surface area contributed by atoms with E-state index >= 15 is 0 Å². The van der Waals surface area contributed by atoms with Crippen LogP contribution in [0.15, 0.2) is 47.0 Å². The van der Waals surface area contributed by atoms with E-state index in [0.717, 1.165) is 18.4 Å². The van der Waals surface area contributed by atoms with E-state index in [4.69, 9.17) is 14.0 Å². The minimum absolute atomic E-state index is 0.180. The molecule has 7 heteroatoms. The Morgan fingerprint density at radius 2 is 1.71 bits per heavy atom. The minimum Gasteiger partial charge on any atom is -0.493 e. The summed E-state index contributed by atoms with van der Waals surface area (Å²) >= 11 is 0. The maximum absolute atomic E-state index is 13.4. The molecule has 1 saturated carbocycles. The summed E-state index contributed by atoms with van der Waals surface area (Å²) in [6, 6.07) is 12.9. The van der Waals surface area contributed by atoms with Gasteiger partial charge in [0, 0.05) is 18.0 Å². The number of rotatable bonds is 9. The molecule has 0 aliphatic heterocycles. The van der Waals surface area contributed by atoms with Crippen molar-refractivity contribution in [1.29, 1.82) is 0 Å². The van der Waals surface area contributed by atoms with Crippen LogP contribution in [-0.4, -0.2) is 43.4 Å². The van der Waals surface area contributed by atoms with Gasteiger partial charge in [0.2, 0.25) is 11.7 Å². The van der Waals surface area contributed by atoms with Gasteiger partial charge < -0.3 is 18.9 Å². The van der Waals surface area contributed by atoms with E-state index in [1.165, 1.54) is 31.2 Å². The van der Waals surface area contributed by atoms with Gasteiger partial charge >= 0.3 is 0 Å². The average molecular weight is 468 g/mol. The van der Waals surface area contributed by atoms with Gasteiger partial charge in [-0.2, -0.15) is 4.98 Å². The summed E-state index contributed by atoms with van der Waals surface area (Å²) in [5.74, 6) is 3.60. The van der Waals surface area contributed by atoms with E-state index in [9.17, 15) is 4.39 Å². The fourth-order valence-corrected chi connectivity index (χ4v) is 5.22. The van der Waals surface area contributed by atoms with Crippen LogP contribution in [0.25, 0.3) is 11.4 Å². The zero-order valence-corrected chi connectivity index (χ0v) is 20.5. The molecule has 2 aromatic carbocycles. The molecule has 6 nitrogen and oxygen atoms in total. The second-order valence-corrected chi connectivity index (χ2v) is 9.36. The van der Waals surface area contributed by atoms with Gasteiger partial charge in [-0.25, -0.2) is 4.39 Å². The van der Waals surface area contributed by atoms with E-state index in [-0.39, 0.29) is 5.82 Å². The molecular formula is C27H34FN3O3. The molecule has 1 atom stereocenters. The summed E-state index contributed by atoms with van der Waals surface area (Å²) < 4.78 is 29.6. The fraction of sp³-hybridized carbons (Fsp3) is 0.481. The number of hydrogen-bond acceptors (Lipinski definition) is 6. The normalized spacial score (nSPS) is 19.2. The number of halogens is 1. The van der Waals surface area contributed by atoms with Crippen molar-refractivity contribution in [3.8, 4) is 22.9 Å². The number of benzene rings is 2. The molecule has 1 heterocycles. The number of ether oxygens (including phenoxy) is 2. The first-order valence-corrected chi connectivity index (χ1v) is 12.0. The van der Waals surface area contributed by atoms with Gasteiger partial charge in [0.05, 0.1) is 14.2 Å². The summed E-state index contributed by atoms with van der Waals surface area (Å²) in [5.41, 5.74) is 2.03. The van der Waals surface area contributed by atoms with Crippen molar-refractivity contribution in [2.45, 2.75) is 44.6 Å². The Hall–Kier alpha value is -2.93. The standard InChI is InChI=1S/C27H34FN3O3/c1-31(2)26(20-10-13-22(28)14-11-20)19-8-5-18(6-9-19)7-16-25-29-27(30-34-25)21-12-15-23(32-3)24(17-21)33-4/h10-15,17-19,26H,5-9,16H2,1-4H3. The summed E-state index contributed by atoms with van der Waals surface area (Å²) in [6.45, 7) is 0. The molecule has 0 N–H and O–H groups in total. The molecule has 1 aromatic heterocycles. The predicted molar refractivity (Wildman–Crippen MR) is 129 cm³/mol. The van der Waals surface area contributed by atoms with E-state index in [0.29, 0.717) is 41.1 Å². The monoisotopic (exact) mass is 467 g/mol. The maximum Gasteiger partial charge on any atom is 0.226 e. The molecule has 1 fully saturated rings. The molecule has 3 aromatic rings. The second kappa shape index (κ2) is 11.0. The number of aryl methyl sites for hydroxylation is 1. The zero-order chi connectivity index (χ0) is 24.1. The second-order valence-electron chi connectivity index (χ2n) is 9.36. The molecule has 1 unspecified atom stereocenters. The van der Waals surface area contributed by atoms with Gasteiger partial charge in [-0.1, -0.05) is 30.1 Å². The first kappa shape index (κ1) is 24.2. The quantitative estimate of drug-likeness (QED) is 0.388. The van der Waals surface area contributed by atoms with Crippen molar-refractivity contribution in [1.82, 2.24) is 15.0 Å². The Morgan fingerprint density at radius 3 is 2.35 bits per heavy atom. The highest BCUT2D eigenvalue weighted by atomic mass is 19.1. The van der Waals surface area contributed by atoms with Crippen molar-refractivity contribution in [2.24, 2.45) is 11.8 Å².